The Morgan fingerprint density at radius 1 is 1.30 bits per heavy atom. The molecule has 0 amide bonds. The van der Waals surface area contributed by atoms with Gasteiger partial charge in [0.25, 0.3) is 0 Å². The van der Waals surface area contributed by atoms with Crippen molar-refractivity contribution in [2.45, 2.75) is 45.1 Å². The Morgan fingerprint density at radius 2 is 2.00 bits per heavy atom. The van der Waals surface area contributed by atoms with Gasteiger partial charge in [-0.2, -0.15) is 0 Å². The minimum absolute atomic E-state index is 0.407. The molecule has 0 N–H and O–H groups in total. The second kappa shape index (κ2) is 5.49. The molecule has 2 aromatic rings. The van der Waals surface area contributed by atoms with Crippen molar-refractivity contribution >= 4 is 11.6 Å². The first-order chi connectivity index (χ1) is 9.70. The molecular weight excluding hydrogens is 274 g/mol. The molecule has 0 unspecified atom stereocenters. The average Bonchev–Trinajstić information content (AvgIpc) is 3.19. The minimum atomic E-state index is 0.407. The highest BCUT2D eigenvalue weighted by Gasteiger charge is 2.31. The molecule has 0 spiro atoms. The number of alkyl halides is 1. The van der Waals surface area contributed by atoms with Crippen LogP contribution in [-0.4, -0.2) is 5.16 Å². The summed E-state index contributed by atoms with van der Waals surface area (Å²) >= 11 is 6.04. The van der Waals surface area contributed by atoms with E-state index in [0.717, 1.165) is 33.9 Å². The zero-order valence-electron chi connectivity index (χ0n) is 11.8. The number of para-hydroxylation sites is 1. The van der Waals surface area contributed by atoms with Crippen LogP contribution in [0.5, 0.6) is 5.75 Å². The quantitative estimate of drug-likeness (QED) is 0.762. The molecule has 0 aliphatic heterocycles. The minimum Gasteiger partial charge on any atom is -0.487 e. The fourth-order valence-corrected chi connectivity index (χ4v) is 2.73. The molecule has 0 atom stereocenters. The summed E-state index contributed by atoms with van der Waals surface area (Å²) in [6.07, 6.45) is 2.35. The predicted molar refractivity (Wildman–Crippen MR) is 78.3 cm³/mol. The number of aryl methyl sites for hydroxylation is 2. The Balaban J connectivity index is 1.78. The maximum atomic E-state index is 6.04. The number of hydrogen-bond acceptors (Lipinski definition) is 3. The Bertz CT molecular complexity index is 597. The van der Waals surface area contributed by atoms with Crippen LogP contribution >= 0.6 is 11.6 Å². The summed E-state index contributed by atoms with van der Waals surface area (Å²) in [5.74, 6) is 2.83. The maximum absolute atomic E-state index is 6.04. The van der Waals surface area contributed by atoms with E-state index in [1.165, 1.54) is 12.8 Å². The van der Waals surface area contributed by atoms with E-state index in [9.17, 15) is 0 Å². The van der Waals surface area contributed by atoms with Crippen LogP contribution in [0.2, 0.25) is 0 Å². The van der Waals surface area contributed by atoms with E-state index < -0.39 is 0 Å². The molecule has 4 heteroatoms. The van der Waals surface area contributed by atoms with Gasteiger partial charge in [0.1, 0.15) is 23.8 Å². The molecule has 106 valence electrons. The SMILES string of the molecule is Cc1cccc(C)c1OCc1noc(C2CC2)c1CCl. The van der Waals surface area contributed by atoms with Gasteiger partial charge in [0, 0.05) is 11.5 Å². The number of benzene rings is 1. The monoisotopic (exact) mass is 291 g/mol. The summed E-state index contributed by atoms with van der Waals surface area (Å²) < 4.78 is 11.4. The summed E-state index contributed by atoms with van der Waals surface area (Å²) in [5.41, 5.74) is 4.09. The summed E-state index contributed by atoms with van der Waals surface area (Å²) in [6, 6.07) is 6.12. The highest BCUT2D eigenvalue weighted by atomic mass is 35.5. The van der Waals surface area contributed by atoms with E-state index >= 15 is 0 Å². The first-order valence-electron chi connectivity index (χ1n) is 6.93. The third-order valence-electron chi connectivity index (χ3n) is 3.74. The zero-order valence-corrected chi connectivity index (χ0v) is 12.5. The highest BCUT2D eigenvalue weighted by molar-refractivity contribution is 6.17. The molecule has 0 saturated heterocycles. The van der Waals surface area contributed by atoms with Crippen molar-refractivity contribution in [3.63, 3.8) is 0 Å². The van der Waals surface area contributed by atoms with Crippen molar-refractivity contribution in [2.24, 2.45) is 0 Å². The Hall–Kier alpha value is -1.48. The average molecular weight is 292 g/mol. The normalized spacial score (nSPS) is 14.6. The van der Waals surface area contributed by atoms with E-state index in [1.807, 2.05) is 32.0 Å². The molecule has 0 bridgehead atoms. The van der Waals surface area contributed by atoms with Gasteiger partial charge in [-0.1, -0.05) is 23.4 Å². The Morgan fingerprint density at radius 3 is 2.60 bits per heavy atom. The molecule has 20 heavy (non-hydrogen) atoms. The molecule has 1 saturated carbocycles. The Kier molecular flexibility index (Phi) is 3.70. The second-order valence-corrected chi connectivity index (χ2v) is 5.66. The van der Waals surface area contributed by atoms with Gasteiger partial charge >= 0.3 is 0 Å². The number of halogens is 1. The summed E-state index contributed by atoms with van der Waals surface area (Å²) in [4.78, 5) is 0. The summed E-state index contributed by atoms with van der Waals surface area (Å²) in [6.45, 7) is 4.50. The maximum Gasteiger partial charge on any atom is 0.144 e. The lowest BCUT2D eigenvalue weighted by Crippen LogP contribution is -2.01. The van der Waals surface area contributed by atoms with Crippen LogP contribution in [-0.2, 0) is 12.5 Å². The summed E-state index contributed by atoms with van der Waals surface area (Å²) in [5, 5.41) is 4.14. The number of rotatable bonds is 5. The zero-order chi connectivity index (χ0) is 14.1. The lowest BCUT2D eigenvalue weighted by Gasteiger charge is -2.11. The molecule has 1 aromatic carbocycles. The van der Waals surface area contributed by atoms with Crippen LogP contribution < -0.4 is 4.74 Å². The van der Waals surface area contributed by atoms with Crippen molar-refractivity contribution in [2.75, 3.05) is 0 Å². The molecule has 1 aromatic heterocycles. The van der Waals surface area contributed by atoms with Crippen LogP contribution in [0, 0.1) is 13.8 Å². The van der Waals surface area contributed by atoms with Crippen LogP contribution in [0.1, 0.15) is 46.9 Å². The standard InChI is InChI=1S/C16H18ClNO2/c1-10-4-3-5-11(2)15(10)19-9-14-13(8-17)16(20-18-14)12-6-7-12/h3-5,12H,6-9H2,1-2H3. The first kappa shape index (κ1) is 13.5. The van der Waals surface area contributed by atoms with Crippen LogP contribution in [0.4, 0.5) is 0 Å². The number of hydrogen-bond donors (Lipinski definition) is 0. The van der Waals surface area contributed by atoms with Gasteiger partial charge in [0.15, 0.2) is 0 Å². The second-order valence-electron chi connectivity index (χ2n) is 5.39. The number of nitrogens with zero attached hydrogens (tertiary/aromatic N) is 1. The van der Waals surface area contributed by atoms with Gasteiger partial charge in [-0.25, -0.2) is 0 Å². The van der Waals surface area contributed by atoms with Crippen LogP contribution in [0.3, 0.4) is 0 Å². The summed E-state index contributed by atoms with van der Waals surface area (Å²) in [7, 11) is 0. The largest absolute Gasteiger partial charge is 0.487 e. The first-order valence-corrected chi connectivity index (χ1v) is 7.46. The van der Waals surface area contributed by atoms with Crippen LogP contribution in [0.25, 0.3) is 0 Å². The van der Waals surface area contributed by atoms with Gasteiger partial charge in [0.05, 0.1) is 5.88 Å². The molecule has 0 radical (unpaired) electrons. The lowest BCUT2D eigenvalue weighted by molar-refractivity contribution is 0.283. The fourth-order valence-electron chi connectivity index (χ4n) is 2.45. The van der Waals surface area contributed by atoms with Crippen molar-refractivity contribution < 1.29 is 9.26 Å². The molecule has 1 aliphatic rings. The smallest absolute Gasteiger partial charge is 0.144 e. The number of ether oxygens (including phenoxy) is 1. The molecular formula is C16H18ClNO2. The third-order valence-corrected chi connectivity index (χ3v) is 4.01. The predicted octanol–water partition coefficient (Wildman–Crippen LogP) is 4.49. The van der Waals surface area contributed by atoms with Crippen LogP contribution in [0.15, 0.2) is 22.7 Å². The van der Waals surface area contributed by atoms with Gasteiger partial charge in [-0.15, -0.1) is 11.6 Å². The van der Waals surface area contributed by atoms with E-state index in [1.54, 1.807) is 0 Å². The van der Waals surface area contributed by atoms with Gasteiger partial charge < -0.3 is 9.26 Å². The number of aromatic nitrogens is 1. The Labute approximate surface area is 123 Å². The van der Waals surface area contributed by atoms with Crippen molar-refractivity contribution in [1.29, 1.82) is 0 Å². The van der Waals surface area contributed by atoms with Crippen molar-refractivity contribution in [1.82, 2.24) is 5.16 Å². The lowest BCUT2D eigenvalue weighted by atomic mass is 10.1. The molecule has 1 fully saturated rings. The van der Waals surface area contributed by atoms with Gasteiger partial charge in [0.2, 0.25) is 0 Å². The third kappa shape index (κ3) is 2.55. The molecule has 3 nitrogen and oxygen atoms in total. The highest BCUT2D eigenvalue weighted by Crippen LogP contribution is 2.43. The molecule has 1 aliphatic carbocycles. The van der Waals surface area contributed by atoms with Gasteiger partial charge in [-0.3, -0.25) is 0 Å². The van der Waals surface area contributed by atoms with Gasteiger partial charge in [-0.05, 0) is 37.8 Å². The van der Waals surface area contributed by atoms with Crippen molar-refractivity contribution in [3.05, 3.63) is 46.3 Å². The topological polar surface area (TPSA) is 35.3 Å². The van der Waals surface area contributed by atoms with E-state index in [0.29, 0.717) is 18.4 Å². The van der Waals surface area contributed by atoms with Crippen molar-refractivity contribution in [3.8, 4) is 5.75 Å². The van der Waals surface area contributed by atoms with E-state index in [-0.39, 0.29) is 0 Å². The molecule has 1 heterocycles. The van der Waals surface area contributed by atoms with E-state index in [2.05, 4.69) is 5.16 Å². The van der Waals surface area contributed by atoms with E-state index in [4.69, 9.17) is 20.9 Å². The molecule has 3 rings (SSSR count). The fraction of sp³-hybridized carbons (Fsp3) is 0.438.